The predicted molar refractivity (Wildman–Crippen MR) is 89.0 cm³/mol. The van der Waals surface area contributed by atoms with Gasteiger partial charge in [0.25, 0.3) is 5.91 Å². The van der Waals surface area contributed by atoms with Crippen molar-refractivity contribution in [2.24, 2.45) is 5.73 Å². The first-order valence-corrected chi connectivity index (χ1v) is 8.02. The molecule has 0 bridgehead atoms. The van der Waals surface area contributed by atoms with Crippen LogP contribution in [0.25, 0.3) is 0 Å². The monoisotopic (exact) mass is 335 g/mol. The summed E-state index contributed by atoms with van der Waals surface area (Å²) in [4.78, 5) is 24.9. The third-order valence-electron chi connectivity index (χ3n) is 3.52. The van der Waals surface area contributed by atoms with Gasteiger partial charge in [-0.3, -0.25) is 10.1 Å². The van der Waals surface area contributed by atoms with E-state index in [9.17, 15) is 9.59 Å². The molecule has 0 atom stereocenters. The number of halogens is 1. The van der Waals surface area contributed by atoms with Gasteiger partial charge in [-0.2, -0.15) is 0 Å². The molecule has 0 spiro atoms. The molecule has 3 amide bonds. The molecule has 22 heavy (non-hydrogen) atoms. The predicted octanol–water partition coefficient (Wildman–Crippen LogP) is 3.63. The molecule has 114 valence electrons. The highest BCUT2D eigenvalue weighted by Crippen LogP contribution is 2.38. The summed E-state index contributed by atoms with van der Waals surface area (Å²) in [6.07, 6.45) is 2.78. The number of para-hydroxylation sites is 1. The second-order valence-corrected chi connectivity index (χ2v) is 6.50. The van der Waals surface area contributed by atoms with Gasteiger partial charge in [0.15, 0.2) is 0 Å². The van der Waals surface area contributed by atoms with Crippen molar-refractivity contribution in [2.75, 3.05) is 10.6 Å². The van der Waals surface area contributed by atoms with E-state index in [0.29, 0.717) is 21.3 Å². The quantitative estimate of drug-likeness (QED) is 0.800. The van der Waals surface area contributed by atoms with Gasteiger partial charge in [-0.25, -0.2) is 4.79 Å². The summed E-state index contributed by atoms with van der Waals surface area (Å²) in [6, 6.07) is 6.49. The highest BCUT2D eigenvalue weighted by Gasteiger charge is 2.26. The molecule has 0 unspecified atom stereocenters. The summed E-state index contributed by atoms with van der Waals surface area (Å²) in [5, 5.41) is 6.32. The van der Waals surface area contributed by atoms with Crippen molar-refractivity contribution in [1.82, 2.24) is 0 Å². The maximum absolute atomic E-state index is 12.1. The summed E-state index contributed by atoms with van der Waals surface area (Å²) >= 11 is 7.41. The molecule has 1 heterocycles. The number of urea groups is 1. The number of nitrogens with one attached hydrogen (secondary N) is 2. The number of hydrogen-bond acceptors (Lipinski definition) is 3. The van der Waals surface area contributed by atoms with E-state index in [1.54, 1.807) is 24.3 Å². The summed E-state index contributed by atoms with van der Waals surface area (Å²) in [7, 11) is 0. The van der Waals surface area contributed by atoms with Crippen molar-refractivity contribution in [2.45, 2.75) is 19.3 Å². The highest BCUT2D eigenvalue weighted by atomic mass is 35.5. The number of carbonyl (C=O) groups excluding carboxylic acids is 2. The number of amides is 3. The number of anilines is 2. The molecule has 0 aliphatic heterocycles. The van der Waals surface area contributed by atoms with Crippen LogP contribution in [0.2, 0.25) is 5.02 Å². The van der Waals surface area contributed by atoms with Gasteiger partial charge < -0.3 is 11.1 Å². The van der Waals surface area contributed by atoms with Gasteiger partial charge in [-0.1, -0.05) is 23.7 Å². The Kier molecular flexibility index (Phi) is 4.04. The van der Waals surface area contributed by atoms with E-state index in [2.05, 4.69) is 10.6 Å². The molecular weight excluding hydrogens is 322 g/mol. The van der Waals surface area contributed by atoms with Crippen LogP contribution >= 0.6 is 22.9 Å². The summed E-state index contributed by atoms with van der Waals surface area (Å²) in [5.41, 5.74) is 7.38. The van der Waals surface area contributed by atoms with Crippen LogP contribution in [0.4, 0.5) is 15.5 Å². The molecule has 3 rings (SSSR count). The molecule has 0 radical (unpaired) electrons. The zero-order valence-corrected chi connectivity index (χ0v) is 13.2. The number of rotatable bonds is 3. The van der Waals surface area contributed by atoms with Gasteiger partial charge in [-0.15, -0.1) is 11.3 Å². The second-order valence-electron chi connectivity index (χ2n) is 4.98. The van der Waals surface area contributed by atoms with E-state index in [1.165, 1.54) is 11.3 Å². The molecule has 5 nitrogen and oxygen atoms in total. The maximum atomic E-state index is 12.1. The van der Waals surface area contributed by atoms with Crippen LogP contribution in [0.1, 0.15) is 27.2 Å². The lowest BCUT2D eigenvalue weighted by molar-refractivity contribution is 0.100. The lowest BCUT2D eigenvalue weighted by Gasteiger charge is -2.09. The molecule has 1 aliphatic carbocycles. The molecule has 2 aromatic rings. The molecular formula is C15H14ClN3O2S. The fraction of sp³-hybridized carbons (Fsp3) is 0.200. The first kappa shape index (κ1) is 14.9. The first-order valence-electron chi connectivity index (χ1n) is 6.83. The molecule has 1 aromatic carbocycles. The SMILES string of the molecule is NC(=O)c1c(NC(=O)Nc2ccccc2Cl)sc2c1CCC2. The molecule has 0 fully saturated rings. The zero-order valence-electron chi connectivity index (χ0n) is 11.6. The van der Waals surface area contributed by atoms with Crippen molar-refractivity contribution in [3.63, 3.8) is 0 Å². The fourth-order valence-electron chi connectivity index (χ4n) is 2.57. The largest absolute Gasteiger partial charge is 0.365 e. The van der Waals surface area contributed by atoms with Gasteiger partial charge in [0.05, 0.1) is 16.3 Å². The highest BCUT2D eigenvalue weighted by molar-refractivity contribution is 7.17. The van der Waals surface area contributed by atoms with Crippen molar-refractivity contribution in [3.8, 4) is 0 Å². The van der Waals surface area contributed by atoms with E-state index in [0.717, 1.165) is 29.7 Å². The van der Waals surface area contributed by atoms with Crippen LogP contribution in [-0.4, -0.2) is 11.9 Å². The van der Waals surface area contributed by atoms with E-state index >= 15 is 0 Å². The number of primary amides is 1. The van der Waals surface area contributed by atoms with Gasteiger partial charge >= 0.3 is 6.03 Å². The van der Waals surface area contributed by atoms with Crippen LogP contribution in [-0.2, 0) is 12.8 Å². The van der Waals surface area contributed by atoms with E-state index in [-0.39, 0.29) is 0 Å². The van der Waals surface area contributed by atoms with Crippen LogP contribution in [0, 0.1) is 0 Å². The molecule has 7 heteroatoms. The zero-order chi connectivity index (χ0) is 15.7. The Morgan fingerprint density at radius 2 is 1.95 bits per heavy atom. The second kappa shape index (κ2) is 5.98. The number of hydrogen-bond donors (Lipinski definition) is 3. The average molecular weight is 336 g/mol. The van der Waals surface area contributed by atoms with Gasteiger partial charge in [0, 0.05) is 4.88 Å². The van der Waals surface area contributed by atoms with E-state index < -0.39 is 11.9 Å². The Balaban J connectivity index is 1.80. The Hall–Kier alpha value is -2.05. The van der Waals surface area contributed by atoms with Crippen molar-refractivity contribution < 1.29 is 9.59 Å². The third kappa shape index (κ3) is 2.80. The molecule has 0 saturated carbocycles. The maximum Gasteiger partial charge on any atom is 0.324 e. The fourth-order valence-corrected chi connectivity index (χ4v) is 4.04. The molecule has 1 aliphatic rings. The number of nitrogens with two attached hydrogens (primary N) is 1. The average Bonchev–Trinajstić information content (AvgIpc) is 3.01. The number of carbonyl (C=O) groups is 2. The Morgan fingerprint density at radius 1 is 1.18 bits per heavy atom. The number of benzene rings is 1. The Labute approximate surface area is 136 Å². The first-order chi connectivity index (χ1) is 10.6. The Bertz CT molecular complexity index is 757. The molecule has 4 N–H and O–H groups in total. The van der Waals surface area contributed by atoms with E-state index in [4.69, 9.17) is 17.3 Å². The minimum atomic E-state index is -0.507. The van der Waals surface area contributed by atoms with Crippen LogP contribution in [0.5, 0.6) is 0 Å². The smallest absolute Gasteiger partial charge is 0.324 e. The van der Waals surface area contributed by atoms with Gasteiger partial charge in [0.1, 0.15) is 5.00 Å². The summed E-state index contributed by atoms with van der Waals surface area (Å²) < 4.78 is 0. The lowest BCUT2D eigenvalue weighted by atomic mass is 10.1. The Morgan fingerprint density at radius 3 is 2.68 bits per heavy atom. The number of thiophene rings is 1. The topological polar surface area (TPSA) is 84.2 Å². The number of aryl methyl sites for hydroxylation is 1. The molecule has 1 aromatic heterocycles. The normalized spacial score (nSPS) is 12.8. The van der Waals surface area contributed by atoms with Gasteiger partial charge in [-0.05, 0) is 37.0 Å². The van der Waals surface area contributed by atoms with Crippen molar-refractivity contribution >= 4 is 45.6 Å². The third-order valence-corrected chi connectivity index (χ3v) is 5.05. The minimum Gasteiger partial charge on any atom is -0.365 e. The lowest BCUT2D eigenvalue weighted by Crippen LogP contribution is -2.22. The van der Waals surface area contributed by atoms with Crippen LogP contribution < -0.4 is 16.4 Å². The number of fused-ring (bicyclic) bond motifs is 1. The minimum absolute atomic E-state index is 0.437. The van der Waals surface area contributed by atoms with E-state index in [1.807, 2.05) is 0 Å². The summed E-state index contributed by atoms with van der Waals surface area (Å²) in [6.45, 7) is 0. The molecule has 0 saturated heterocycles. The van der Waals surface area contributed by atoms with Crippen LogP contribution in [0.15, 0.2) is 24.3 Å². The standard InChI is InChI=1S/C15H14ClN3O2S/c16-9-5-1-2-6-10(9)18-15(21)19-14-12(13(17)20)8-4-3-7-11(8)22-14/h1-2,5-6H,3-4,7H2,(H2,17,20)(H2,18,19,21). The van der Waals surface area contributed by atoms with Gasteiger partial charge in [0.2, 0.25) is 0 Å². The summed E-state index contributed by atoms with van der Waals surface area (Å²) in [5.74, 6) is -0.507. The van der Waals surface area contributed by atoms with Crippen molar-refractivity contribution in [1.29, 1.82) is 0 Å². The van der Waals surface area contributed by atoms with Crippen molar-refractivity contribution in [3.05, 3.63) is 45.3 Å². The van der Waals surface area contributed by atoms with Crippen LogP contribution in [0.3, 0.4) is 0 Å².